The maximum absolute atomic E-state index is 8.99. The molecule has 0 saturated carbocycles. The second-order valence-electron chi connectivity index (χ2n) is 5.66. The predicted molar refractivity (Wildman–Crippen MR) is 80.5 cm³/mol. The van der Waals surface area contributed by atoms with Gasteiger partial charge >= 0.3 is 0 Å². The van der Waals surface area contributed by atoms with E-state index in [1.807, 2.05) is 0 Å². The SMILES string of the molecule is CN(C)c1ccccc1CN1CCCC1CCCO. The number of aliphatic hydroxyl groups excluding tert-OH is 1. The third-order valence-corrected chi connectivity index (χ3v) is 4.04. The molecular weight excluding hydrogens is 236 g/mol. The van der Waals surface area contributed by atoms with E-state index in [-0.39, 0.29) is 0 Å². The second kappa shape index (κ2) is 6.92. The van der Waals surface area contributed by atoms with Crippen molar-refractivity contribution in [2.45, 2.75) is 38.3 Å². The average Bonchev–Trinajstić information content (AvgIpc) is 2.84. The monoisotopic (exact) mass is 262 g/mol. The quantitative estimate of drug-likeness (QED) is 0.853. The number of benzene rings is 1. The Morgan fingerprint density at radius 3 is 2.84 bits per heavy atom. The molecule has 1 aliphatic rings. The molecule has 1 unspecified atom stereocenters. The molecule has 106 valence electrons. The Hall–Kier alpha value is -1.06. The van der Waals surface area contributed by atoms with Gasteiger partial charge in [-0.3, -0.25) is 4.90 Å². The van der Waals surface area contributed by atoms with Crippen molar-refractivity contribution in [3.05, 3.63) is 29.8 Å². The van der Waals surface area contributed by atoms with Crippen molar-refractivity contribution in [3.8, 4) is 0 Å². The predicted octanol–water partition coefficient (Wildman–Crippen LogP) is 2.49. The van der Waals surface area contributed by atoms with Crippen LogP contribution in [0.2, 0.25) is 0 Å². The minimum Gasteiger partial charge on any atom is -0.396 e. The summed E-state index contributed by atoms with van der Waals surface area (Å²) in [7, 11) is 4.21. The van der Waals surface area contributed by atoms with E-state index in [2.05, 4.69) is 48.2 Å². The zero-order chi connectivity index (χ0) is 13.7. The third kappa shape index (κ3) is 3.71. The molecule has 1 fully saturated rings. The van der Waals surface area contributed by atoms with Crippen LogP contribution in [0.25, 0.3) is 0 Å². The highest BCUT2D eigenvalue weighted by molar-refractivity contribution is 5.52. The fraction of sp³-hybridized carbons (Fsp3) is 0.625. The van der Waals surface area contributed by atoms with Crippen molar-refractivity contribution >= 4 is 5.69 Å². The van der Waals surface area contributed by atoms with Crippen molar-refractivity contribution in [3.63, 3.8) is 0 Å². The van der Waals surface area contributed by atoms with Gasteiger partial charge in [-0.15, -0.1) is 0 Å². The van der Waals surface area contributed by atoms with Crippen LogP contribution in [0.15, 0.2) is 24.3 Å². The van der Waals surface area contributed by atoms with Crippen LogP contribution in [-0.4, -0.2) is 43.3 Å². The Morgan fingerprint density at radius 1 is 1.32 bits per heavy atom. The summed E-state index contributed by atoms with van der Waals surface area (Å²) in [5, 5.41) is 8.99. The van der Waals surface area contributed by atoms with Crippen LogP contribution < -0.4 is 4.90 Å². The Bertz CT molecular complexity index is 392. The van der Waals surface area contributed by atoms with Crippen LogP contribution in [0, 0.1) is 0 Å². The Balaban J connectivity index is 2.03. The fourth-order valence-corrected chi connectivity index (χ4v) is 3.06. The lowest BCUT2D eigenvalue weighted by Gasteiger charge is -2.26. The van der Waals surface area contributed by atoms with E-state index in [1.165, 1.54) is 30.6 Å². The van der Waals surface area contributed by atoms with Crippen LogP contribution in [0.4, 0.5) is 5.69 Å². The number of likely N-dealkylation sites (tertiary alicyclic amines) is 1. The van der Waals surface area contributed by atoms with Crippen LogP contribution >= 0.6 is 0 Å². The molecular formula is C16H26N2O. The minimum atomic E-state index is 0.318. The number of nitrogens with zero attached hydrogens (tertiary/aromatic N) is 2. The van der Waals surface area contributed by atoms with Crippen LogP contribution in [0.5, 0.6) is 0 Å². The Labute approximate surface area is 116 Å². The molecule has 1 saturated heterocycles. The first-order chi connectivity index (χ1) is 9.22. The van der Waals surface area contributed by atoms with Gasteiger partial charge in [-0.05, 0) is 43.9 Å². The number of para-hydroxylation sites is 1. The normalized spacial score (nSPS) is 19.8. The van der Waals surface area contributed by atoms with E-state index in [0.717, 1.165) is 19.4 Å². The van der Waals surface area contributed by atoms with Crippen LogP contribution in [-0.2, 0) is 6.54 Å². The van der Waals surface area contributed by atoms with E-state index in [9.17, 15) is 0 Å². The zero-order valence-electron chi connectivity index (χ0n) is 12.2. The molecule has 19 heavy (non-hydrogen) atoms. The number of hydrogen-bond donors (Lipinski definition) is 1. The van der Waals surface area contributed by atoms with E-state index in [0.29, 0.717) is 12.6 Å². The third-order valence-electron chi connectivity index (χ3n) is 4.04. The summed E-state index contributed by atoms with van der Waals surface area (Å²) in [6.45, 7) is 2.54. The van der Waals surface area contributed by atoms with Gasteiger partial charge < -0.3 is 10.0 Å². The number of hydrogen-bond acceptors (Lipinski definition) is 3. The van der Waals surface area contributed by atoms with E-state index < -0.39 is 0 Å². The average molecular weight is 262 g/mol. The maximum atomic E-state index is 8.99. The van der Waals surface area contributed by atoms with E-state index in [1.54, 1.807) is 0 Å². The summed E-state index contributed by atoms with van der Waals surface area (Å²) < 4.78 is 0. The zero-order valence-corrected chi connectivity index (χ0v) is 12.2. The molecule has 0 spiro atoms. The fourth-order valence-electron chi connectivity index (χ4n) is 3.06. The van der Waals surface area contributed by atoms with Crippen molar-refractivity contribution in [2.24, 2.45) is 0 Å². The summed E-state index contributed by atoms with van der Waals surface area (Å²) in [6.07, 6.45) is 4.63. The van der Waals surface area contributed by atoms with Gasteiger partial charge in [-0.25, -0.2) is 0 Å². The molecule has 1 heterocycles. The summed E-state index contributed by atoms with van der Waals surface area (Å²) in [6, 6.07) is 9.31. The molecule has 1 N–H and O–H groups in total. The number of aliphatic hydroxyl groups is 1. The molecule has 3 nitrogen and oxygen atoms in total. The standard InChI is InChI=1S/C16H26N2O/c1-17(2)16-10-4-3-7-14(16)13-18-11-5-8-15(18)9-6-12-19/h3-4,7,10,15,19H,5-6,8-9,11-13H2,1-2H3. The molecule has 0 bridgehead atoms. The molecule has 0 aliphatic carbocycles. The highest BCUT2D eigenvalue weighted by Gasteiger charge is 2.24. The van der Waals surface area contributed by atoms with Gasteiger partial charge in [0.1, 0.15) is 0 Å². The van der Waals surface area contributed by atoms with Gasteiger partial charge in [0, 0.05) is 39.0 Å². The molecule has 1 atom stereocenters. The van der Waals surface area contributed by atoms with Crippen LogP contribution in [0.3, 0.4) is 0 Å². The van der Waals surface area contributed by atoms with Gasteiger partial charge in [0.05, 0.1) is 0 Å². The van der Waals surface area contributed by atoms with E-state index in [4.69, 9.17) is 5.11 Å². The topological polar surface area (TPSA) is 26.7 Å². The molecule has 1 aliphatic heterocycles. The minimum absolute atomic E-state index is 0.318. The van der Waals surface area contributed by atoms with E-state index >= 15 is 0 Å². The molecule has 0 amide bonds. The van der Waals surface area contributed by atoms with Gasteiger partial charge in [0.2, 0.25) is 0 Å². The maximum Gasteiger partial charge on any atom is 0.0431 e. The molecule has 2 rings (SSSR count). The molecule has 1 aromatic rings. The summed E-state index contributed by atoms with van der Waals surface area (Å²) in [5.41, 5.74) is 2.72. The van der Waals surface area contributed by atoms with Gasteiger partial charge in [-0.2, -0.15) is 0 Å². The lowest BCUT2D eigenvalue weighted by atomic mass is 10.1. The highest BCUT2D eigenvalue weighted by Crippen LogP contribution is 2.26. The molecule has 3 heteroatoms. The van der Waals surface area contributed by atoms with Gasteiger partial charge in [0.25, 0.3) is 0 Å². The molecule has 0 radical (unpaired) electrons. The van der Waals surface area contributed by atoms with Gasteiger partial charge in [-0.1, -0.05) is 18.2 Å². The lowest BCUT2D eigenvalue weighted by Crippen LogP contribution is -2.29. The number of rotatable bonds is 6. The van der Waals surface area contributed by atoms with Crippen molar-refractivity contribution in [1.82, 2.24) is 4.90 Å². The largest absolute Gasteiger partial charge is 0.396 e. The first-order valence-corrected chi connectivity index (χ1v) is 7.32. The smallest absolute Gasteiger partial charge is 0.0431 e. The van der Waals surface area contributed by atoms with Gasteiger partial charge in [0.15, 0.2) is 0 Å². The first-order valence-electron chi connectivity index (χ1n) is 7.32. The van der Waals surface area contributed by atoms with Crippen molar-refractivity contribution < 1.29 is 5.11 Å². The summed E-state index contributed by atoms with van der Waals surface area (Å²) >= 11 is 0. The Morgan fingerprint density at radius 2 is 2.11 bits per heavy atom. The molecule has 0 aromatic heterocycles. The van der Waals surface area contributed by atoms with Crippen molar-refractivity contribution in [1.29, 1.82) is 0 Å². The first kappa shape index (κ1) is 14.4. The van der Waals surface area contributed by atoms with Crippen molar-refractivity contribution in [2.75, 3.05) is 32.1 Å². The lowest BCUT2D eigenvalue weighted by molar-refractivity contribution is 0.210. The summed E-state index contributed by atoms with van der Waals surface area (Å²) in [4.78, 5) is 4.77. The Kier molecular flexibility index (Phi) is 5.23. The summed E-state index contributed by atoms with van der Waals surface area (Å²) in [5.74, 6) is 0. The molecule has 1 aromatic carbocycles. The highest BCUT2D eigenvalue weighted by atomic mass is 16.2. The number of anilines is 1. The second-order valence-corrected chi connectivity index (χ2v) is 5.66. The van der Waals surface area contributed by atoms with Crippen LogP contribution in [0.1, 0.15) is 31.2 Å².